The summed E-state index contributed by atoms with van der Waals surface area (Å²) in [5.41, 5.74) is -1.02. The smallest absolute Gasteiger partial charge is 0.378 e. The molecule has 4 nitrogen and oxygen atoms in total. The first-order valence-corrected chi connectivity index (χ1v) is 6.87. The first-order chi connectivity index (χ1) is 10.2. The third kappa shape index (κ3) is 3.47. The number of carbonyl (C=O) groups excluding carboxylic acids is 2. The van der Waals surface area contributed by atoms with Crippen molar-refractivity contribution in [2.75, 3.05) is 13.1 Å². The zero-order chi connectivity index (χ0) is 16.5. The molecule has 0 radical (unpaired) electrons. The van der Waals surface area contributed by atoms with Crippen molar-refractivity contribution >= 4 is 11.7 Å². The summed E-state index contributed by atoms with van der Waals surface area (Å²) in [6.45, 7) is 2.03. The van der Waals surface area contributed by atoms with Crippen LogP contribution in [0.3, 0.4) is 0 Å². The molecule has 1 aliphatic heterocycles. The molecule has 1 aliphatic rings. The van der Waals surface area contributed by atoms with Crippen LogP contribution in [-0.4, -0.2) is 34.8 Å². The van der Waals surface area contributed by atoms with Crippen molar-refractivity contribution in [2.45, 2.75) is 25.6 Å². The number of carbonyl (C=O) groups is 2. The van der Waals surface area contributed by atoms with E-state index in [4.69, 9.17) is 0 Å². The second kappa shape index (κ2) is 6.08. The van der Waals surface area contributed by atoms with Gasteiger partial charge in [0.15, 0.2) is 6.10 Å². The summed E-state index contributed by atoms with van der Waals surface area (Å²) >= 11 is 0. The van der Waals surface area contributed by atoms with Crippen LogP contribution in [-0.2, 0) is 15.8 Å². The molecular formula is C15H16F3NO3. The van der Waals surface area contributed by atoms with Crippen LogP contribution in [0, 0.1) is 5.92 Å². The minimum Gasteiger partial charge on any atom is -0.378 e. The molecule has 0 saturated carbocycles. The predicted molar refractivity (Wildman–Crippen MR) is 71.8 cm³/mol. The van der Waals surface area contributed by atoms with Gasteiger partial charge in [0, 0.05) is 25.4 Å². The lowest BCUT2D eigenvalue weighted by molar-refractivity contribution is -0.145. The van der Waals surface area contributed by atoms with Gasteiger partial charge in [-0.3, -0.25) is 9.59 Å². The molecule has 1 aromatic carbocycles. The van der Waals surface area contributed by atoms with Gasteiger partial charge < -0.3 is 10.0 Å². The molecule has 7 heteroatoms. The quantitative estimate of drug-likeness (QED) is 0.910. The van der Waals surface area contributed by atoms with Crippen LogP contribution < -0.4 is 0 Å². The van der Waals surface area contributed by atoms with Crippen LogP contribution in [0.5, 0.6) is 0 Å². The maximum absolute atomic E-state index is 12.7. The number of piperidine rings is 1. The van der Waals surface area contributed by atoms with E-state index in [1.54, 1.807) is 6.92 Å². The number of Topliss-reactive ketones (excluding diaryl/α,β-unsaturated/α-hetero) is 1. The molecule has 1 N–H and O–H groups in total. The fraction of sp³-hybridized carbons (Fsp3) is 0.467. The van der Waals surface area contributed by atoms with Gasteiger partial charge in [0.1, 0.15) is 5.78 Å². The Labute approximate surface area is 125 Å². The van der Waals surface area contributed by atoms with E-state index < -0.39 is 23.8 Å². The minimum atomic E-state index is -4.54. The van der Waals surface area contributed by atoms with E-state index in [2.05, 4.69) is 0 Å². The van der Waals surface area contributed by atoms with Crippen LogP contribution in [0.1, 0.15) is 30.6 Å². The molecule has 2 atom stereocenters. The van der Waals surface area contributed by atoms with Gasteiger partial charge in [-0.25, -0.2) is 0 Å². The van der Waals surface area contributed by atoms with E-state index >= 15 is 0 Å². The molecule has 0 spiro atoms. The van der Waals surface area contributed by atoms with Crippen LogP contribution in [0.4, 0.5) is 13.2 Å². The monoisotopic (exact) mass is 315 g/mol. The van der Waals surface area contributed by atoms with Crippen molar-refractivity contribution in [3.63, 3.8) is 0 Å². The number of aliphatic hydroxyl groups is 1. The van der Waals surface area contributed by atoms with Crippen molar-refractivity contribution in [3.05, 3.63) is 35.4 Å². The summed E-state index contributed by atoms with van der Waals surface area (Å²) in [5, 5.41) is 10.0. The summed E-state index contributed by atoms with van der Waals surface area (Å²) in [4.78, 5) is 24.9. The molecule has 1 aromatic rings. The van der Waals surface area contributed by atoms with Crippen molar-refractivity contribution in [1.82, 2.24) is 4.90 Å². The molecule has 1 saturated heterocycles. The average molecular weight is 315 g/mol. The van der Waals surface area contributed by atoms with Crippen molar-refractivity contribution in [3.8, 4) is 0 Å². The van der Waals surface area contributed by atoms with Gasteiger partial charge in [-0.1, -0.05) is 19.1 Å². The van der Waals surface area contributed by atoms with E-state index in [-0.39, 0.29) is 36.8 Å². The first-order valence-electron chi connectivity index (χ1n) is 6.87. The topological polar surface area (TPSA) is 57.6 Å². The van der Waals surface area contributed by atoms with Gasteiger partial charge in [0.25, 0.3) is 5.91 Å². The van der Waals surface area contributed by atoms with Crippen LogP contribution in [0.2, 0.25) is 0 Å². The number of hydrogen-bond donors (Lipinski definition) is 1. The molecule has 0 aromatic heterocycles. The van der Waals surface area contributed by atoms with Gasteiger partial charge in [-0.05, 0) is 17.7 Å². The Morgan fingerprint density at radius 1 is 1.41 bits per heavy atom. The number of alkyl halides is 3. The van der Waals surface area contributed by atoms with Crippen molar-refractivity contribution in [2.24, 2.45) is 5.92 Å². The van der Waals surface area contributed by atoms with Crippen LogP contribution in [0.15, 0.2) is 24.3 Å². The Hall–Kier alpha value is -1.89. The Balaban J connectivity index is 2.16. The lowest BCUT2D eigenvalue weighted by atomic mass is 9.97. The Morgan fingerprint density at radius 2 is 2.09 bits per heavy atom. The molecule has 0 bridgehead atoms. The number of rotatable bonds is 2. The molecular weight excluding hydrogens is 299 g/mol. The van der Waals surface area contributed by atoms with E-state index in [9.17, 15) is 27.9 Å². The first kappa shape index (κ1) is 16.5. The second-order valence-corrected chi connectivity index (χ2v) is 5.43. The van der Waals surface area contributed by atoms with E-state index in [1.807, 2.05) is 0 Å². The lowest BCUT2D eigenvalue weighted by Crippen LogP contribution is -2.45. The summed E-state index contributed by atoms with van der Waals surface area (Å²) in [7, 11) is 0. The maximum Gasteiger partial charge on any atom is 0.416 e. The van der Waals surface area contributed by atoms with E-state index in [1.165, 1.54) is 11.0 Å². The SMILES string of the molecule is CC1CN(C(=O)C(O)c2cccc(C(F)(F)F)c2)CCC1=O. The standard InChI is InChI=1S/C15H16F3NO3/c1-9-8-19(6-5-12(9)20)14(22)13(21)10-3-2-4-11(7-10)15(16,17)18/h2-4,7,9,13,21H,5-6,8H2,1H3. The number of halogens is 3. The zero-order valence-electron chi connectivity index (χ0n) is 11.9. The Kier molecular flexibility index (Phi) is 4.55. The number of amides is 1. The molecule has 1 heterocycles. The van der Waals surface area contributed by atoms with Gasteiger partial charge in [0.05, 0.1) is 5.56 Å². The molecule has 120 valence electrons. The van der Waals surface area contributed by atoms with Gasteiger partial charge in [-0.15, -0.1) is 0 Å². The van der Waals surface area contributed by atoms with Gasteiger partial charge >= 0.3 is 6.18 Å². The van der Waals surface area contributed by atoms with Gasteiger partial charge in [0.2, 0.25) is 0 Å². The molecule has 1 fully saturated rings. The van der Waals surface area contributed by atoms with Crippen molar-refractivity contribution < 1.29 is 27.9 Å². The number of ketones is 1. The third-order valence-electron chi connectivity index (χ3n) is 3.75. The largest absolute Gasteiger partial charge is 0.416 e. The highest BCUT2D eigenvalue weighted by Gasteiger charge is 2.33. The maximum atomic E-state index is 12.7. The fourth-order valence-corrected chi connectivity index (χ4v) is 2.42. The summed E-state index contributed by atoms with van der Waals surface area (Å²) < 4.78 is 38.0. The van der Waals surface area contributed by atoms with Crippen molar-refractivity contribution in [1.29, 1.82) is 0 Å². The van der Waals surface area contributed by atoms with Gasteiger partial charge in [-0.2, -0.15) is 13.2 Å². The number of nitrogens with zero attached hydrogens (tertiary/aromatic N) is 1. The molecule has 1 amide bonds. The molecule has 2 unspecified atom stereocenters. The summed E-state index contributed by atoms with van der Waals surface area (Å²) in [6, 6.07) is 4.07. The number of likely N-dealkylation sites (tertiary alicyclic amines) is 1. The number of benzene rings is 1. The highest BCUT2D eigenvalue weighted by molar-refractivity contribution is 5.87. The number of hydrogen-bond acceptors (Lipinski definition) is 3. The van der Waals surface area contributed by atoms with Crippen LogP contribution in [0.25, 0.3) is 0 Å². The summed E-state index contributed by atoms with van der Waals surface area (Å²) in [6.07, 6.45) is -6.00. The highest BCUT2D eigenvalue weighted by Crippen LogP contribution is 2.31. The highest BCUT2D eigenvalue weighted by atomic mass is 19.4. The third-order valence-corrected chi connectivity index (χ3v) is 3.75. The minimum absolute atomic E-state index is 0.0395. The van der Waals surface area contributed by atoms with Crippen LogP contribution >= 0.6 is 0 Å². The van der Waals surface area contributed by atoms with E-state index in [0.29, 0.717) is 0 Å². The lowest BCUT2D eigenvalue weighted by Gasteiger charge is -2.31. The number of aliphatic hydroxyl groups excluding tert-OH is 1. The fourth-order valence-electron chi connectivity index (χ4n) is 2.42. The molecule has 2 rings (SSSR count). The average Bonchev–Trinajstić information content (AvgIpc) is 2.48. The second-order valence-electron chi connectivity index (χ2n) is 5.43. The Morgan fingerprint density at radius 3 is 2.68 bits per heavy atom. The summed E-state index contributed by atoms with van der Waals surface area (Å²) in [5.74, 6) is -0.970. The predicted octanol–water partition coefficient (Wildman–Crippen LogP) is 2.18. The normalized spacial score (nSPS) is 20.9. The Bertz CT molecular complexity index is 586. The molecule has 0 aliphatic carbocycles. The van der Waals surface area contributed by atoms with E-state index in [0.717, 1.165) is 18.2 Å². The molecule has 22 heavy (non-hydrogen) atoms. The zero-order valence-corrected chi connectivity index (χ0v) is 11.9.